The molecular formula is C12H15BrFNO. The van der Waals surface area contributed by atoms with E-state index in [2.05, 4.69) is 15.9 Å². The number of benzene rings is 1. The molecule has 2 N–H and O–H groups in total. The number of rotatable bonds is 4. The molecule has 0 heterocycles. The molecule has 0 spiro atoms. The molecule has 0 radical (unpaired) electrons. The summed E-state index contributed by atoms with van der Waals surface area (Å²) in [4.78, 5) is 11.7. The molecule has 0 aliphatic carbocycles. The average molecular weight is 288 g/mol. The van der Waals surface area contributed by atoms with E-state index >= 15 is 0 Å². The molecule has 0 atom stereocenters. The Morgan fingerprint density at radius 2 is 2.12 bits per heavy atom. The van der Waals surface area contributed by atoms with Gasteiger partial charge in [-0.15, -0.1) is 0 Å². The van der Waals surface area contributed by atoms with Gasteiger partial charge in [0, 0.05) is 12.0 Å². The fourth-order valence-electron chi connectivity index (χ4n) is 1.47. The van der Waals surface area contributed by atoms with Crippen LogP contribution < -0.4 is 5.73 Å². The molecule has 1 aromatic carbocycles. The van der Waals surface area contributed by atoms with Crippen LogP contribution in [0.15, 0.2) is 16.6 Å². The third-order valence-corrected chi connectivity index (χ3v) is 2.95. The molecule has 0 aliphatic heterocycles. The van der Waals surface area contributed by atoms with Crippen LogP contribution in [0.3, 0.4) is 0 Å². The van der Waals surface area contributed by atoms with Gasteiger partial charge in [0.2, 0.25) is 0 Å². The SMILES string of the molecule is CC(C)c1cc(C(=O)CCN)cc(Br)c1F. The number of nitrogens with two attached hydrogens (primary N) is 1. The Labute approximate surface area is 103 Å². The summed E-state index contributed by atoms with van der Waals surface area (Å²) in [6, 6.07) is 3.13. The van der Waals surface area contributed by atoms with Gasteiger partial charge in [-0.25, -0.2) is 4.39 Å². The van der Waals surface area contributed by atoms with Crippen LogP contribution in [0.5, 0.6) is 0 Å². The lowest BCUT2D eigenvalue weighted by Gasteiger charge is -2.11. The van der Waals surface area contributed by atoms with Gasteiger partial charge in [0.05, 0.1) is 4.47 Å². The lowest BCUT2D eigenvalue weighted by atomic mass is 9.98. The maximum absolute atomic E-state index is 13.7. The van der Waals surface area contributed by atoms with E-state index in [0.29, 0.717) is 22.1 Å². The first-order valence-electron chi connectivity index (χ1n) is 5.19. The molecule has 0 saturated heterocycles. The Kier molecular flexibility index (Phi) is 4.62. The second-order valence-corrected chi connectivity index (χ2v) is 4.83. The smallest absolute Gasteiger partial charge is 0.164 e. The zero-order valence-electron chi connectivity index (χ0n) is 9.39. The van der Waals surface area contributed by atoms with Crippen molar-refractivity contribution in [2.45, 2.75) is 26.2 Å². The van der Waals surface area contributed by atoms with Crippen LogP contribution in [0.1, 0.15) is 42.1 Å². The molecular weight excluding hydrogens is 273 g/mol. The highest BCUT2D eigenvalue weighted by atomic mass is 79.9. The third kappa shape index (κ3) is 2.89. The number of halogens is 2. The summed E-state index contributed by atoms with van der Waals surface area (Å²) in [7, 11) is 0. The molecule has 1 rings (SSSR count). The van der Waals surface area contributed by atoms with Gasteiger partial charge in [0.15, 0.2) is 5.78 Å². The van der Waals surface area contributed by atoms with E-state index < -0.39 is 0 Å². The van der Waals surface area contributed by atoms with Crippen LogP contribution in [0, 0.1) is 5.82 Å². The maximum Gasteiger partial charge on any atom is 0.164 e. The van der Waals surface area contributed by atoms with E-state index in [9.17, 15) is 9.18 Å². The second-order valence-electron chi connectivity index (χ2n) is 3.98. The predicted molar refractivity (Wildman–Crippen MR) is 66.2 cm³/mol. The number of Topliss-reactive ketones (excluding diaryl/α,β-unsaturated/α-hetero) is 1. The van der Waals surface area contributed by atoms with Gasteiger partial charge in [0.25, 0.3) is 0 Å². The van der Waals surface area contributed by atoms with Crippen molar-refractivity contribution in [2.24, 2.45) is 5.73 Å². The highest BCUT2D eigenvalue weighted by Gasteiger charge is 2.15. The van der Waals surface area contributed by atoms with Crippen molar-refractivity contribution >= 4 is 21.7 Å². The van der Waals surface area contributed by atoms with E-state index in [1.807, 2.05) is 13.8 Å². The average Bonchev–Trinajstić information content (AvgIpc) is 2.21. The monoisotopic (exact) mass is 287 g/mol. The van der Waals surface area contributed by atoms with E-state index in [4.69, 9.17) is 5.73 Å². The number of carbonyl (C=O) groups excluding carboxylic acids is 1. The summed E-state index contributed by atoms with van der Waals surface area (Å²) >= 11 is 3.13. The third-order valence-electron chi connectivity index (χ3n) is 2.37. The lowest BCUT2D eigenvalue weighted by Crippen LogP contribution is -2.09. The molecule has 0 fully saturated rings. The summed E-state index contributed by atoms with van der Waals surface area (Å²) in [5.41, 5.74) is 6.39. The van der Waals surface area contributed by atoms with E-state index in [1.54, 1.807) is 6.07 Å². The summed E-state index contributed by atoms with van der Waals surface area (Å²) in [5, 5.41) is 0. The summed E-state index contributed by atoms with van der Waals surface area (Å²) in [6.45, 7) is 4.09. The molecule has 0 amide bonds. The first-order chi connectivity index (χ1) is 7.47. The Morgan fingerprint density at radius 3 is 2.62 bits per heavy atom. The van der Waals surface area contributed by atoms with Gasteiger partial charge in [0.1, 0.15) is 5.82 Å². The zero-order valence-corrected chi connectivity index (χ0v) is 11.0. The Hall–Kier alpha value is -0.740. The fourth-order valence-corrected chi connectivity index (χ4v) is 1.94. The van der Waals surface area contributed by atoms with Gasteiger partial charge in [-0.2, -0.15) is 0 Å². The first kappa shape index (κ1) is 13.3. The minimum Gasteiger partial charge on any atom is -0.330 e. The molecule has 2 nitrogen and oxygen atoms in total. The standard InChI is InChI=1S/C12H15BrFNO/c1-7(2)9-5-8(11(16)3-4-15)6-10(13)12(9)14/h5-7H,3-4,15H2,1-2H3. The lowest BCUT2D eigenvalue weighted by molar-refractivity contribution is 0.0985. The molecule has 0 aliphatic rings. The fraction of sp³-hybridized carbons (Fsp3) is 0.417. The van der Waals surface area contributed by atoms with Gasteiger partial charge >= 0.3 is 0 Å². The Balaban J connectivity index is 3.18. The largest absolute Gasteiger partial charge is 0.330 e. The molecule has 16 heavy (non-hydrogen) atoms. The highest BCUT2D eigenvalue weighted by Crippen LogP contribution is 2.27. The van der Waals surface area contributed by atoms with Gasteiger partial charge in [-0.3, -0.25) is 4.79 Å². The van der Waals surface area contributed by atoms with E-state index in [-0.39, 0.29) is 23.9 Å². The predicted octanol–water partition coefficient (Wildman–Crippen LogP) is 3.24. The van der Waals surface area contributed by atoms with Crippen molar-refractivity contribution in [1.82, 2.24) is 0 Å². The van der Waals surface area contributed by atoms with Crippen LogP contribution >= 0.6 is 15.9 Å². The normalized spacial score (nSPS) is 10.9. The van der Waals surface area contributed by atoms with Crippen LogP contribution in [-0.2, 0) is 0 Å². The number of ketones is 1. The van der Waals surface area contributed by atoms with E-state index in [0.717, 1.165) is 0 Å². The molecule has 0 unspecified atom stereocenters. The number of carbonyl (C=O) groups is 1. The summed E-state index contributed by atoms with van der Waals surface area (Å²) < 4.78 is 14.0. The van der Waals surface area contributed by atoms with Gasteiger partial charge < -0.3 is 5.73 Å². The van der Waals surface area contributed by atoms with Crippen molar-refractivity contribution in [3.05, 3.63) is 33.5 Å². The first-order valence-corrected chi connectivity index (χ1v) is 5.98. The van der Waals surface area contributed by atoms with Crippen LogP contribution in [0.4, 0.5) is 4.39 Å². The topological polar surface area (TPSA) is 43.1 Å². The number of hydrogen-bond donors (Lipinski definition) is 1. The van der Waals surface area contributed by atoms with E-state index in [1.165, 1.54) is 6.07 Å². The van der Waals surface area contributed by atoms with Crippen molar-refractivity contribution in [1.29, 1.82) is 0 Å². The molecule has 4 heteroatoms. The summed E-state index contributed by atoms with van der Waals surface area (Å²) in [6.07, 6.45) is 0.287. The minimum atomic E-state index is -0.292. The van der Waals surface area contributed by atoms with Crippen molar-refractivity contribution < 1.29 is 9.18 Å². The quantitative estimate of drug-likeness (QED) is 0.864. The number of hydrogen-bond acceptors (Lipinski definition) is 2. The van der Waals surface area contributed by atoms with Crippen molar-refractivity contribution in [3.8, 4) is 0 Å². The van der Waals surface area contributed by atoms with Crippen molar-refractivity contribution in [3.63, 3.8) is 0 Å². The van der Waals surface area contributed by atoms with Gasteiger partial charge in [-0.1, -0.05) is 13.8 Å². The van der Waals surface area contributed by atoms with Crippen LogP contribution in [0.25, 0.3) is 0 Å². The van der Waals surface area contributed by atoms with Crippen molar-refractivity contribution in [2.75, 3.05) is 6.54 Å². The molecule has 0 aromatic heterocycles. The minimum absolute atomic E-state index is 0.0435. The van der Waals surface area contributed by atoms with Crippen LogP contribution in [-0.4, -0.2) is 12.3 Å². The highest BCUT2D eigenvalue weighted by molar-refractivity contribution is 9.10. The Bertz CT molecular complexity index is 404. The maximum atomic E-state index is 13.7. The molecule has 1 aromatic rings. The molecule has 88 valence electrons. The van der Waals surface area contributed by atoms with Gasteiger partial charge in [-0.05, 0) is 46.1 Å². The summed E-state index contributed by atoms with van der Waals surface area (Å²) in [5.74, 6) is -0.300. The Morgan fingerprint density at radius 1 is 1.50 bits per heavy atom. The molecule has 0 bridgehead atoms. The molecule has 0 saturated carbocycles. The zero-order chi connectivity index (χ0) is 12.3. The second kappa shape index (κ2) is 5.55. The van der Waals surface area contributed by atoms with Crippen LogP contribution in [0.2, 0.25) is 0 Å².